The number of nitrogens with zero attached hydrogens (tertiary/aromatic N) is 1. The molecule has 0 saturated heterocycles. The van der Waals surface area contributed by atoms with E-state index in [2.05, 4.69) is 0 Å². The molecule has 1 unspecified atom stereocenters. The van der Waals surface area contributed by atoms with Crippen LogP contribution in [0.15, 0.2) is 36.5 Å². The normalized spacial score (nSPS) is 12.7. The molecular formula is C13H14Cl2N2O. The monoisotopic (exact) mass is 284 g/mol. The molecule has 1 heterocycles. The van der Waals surface area contributed by atoms with Crippen LogP contribution in [0.4, 0.5) is 0 Å². The lowest BCUT2D eigenvalue weighted by atomic mass is 10.1. The lowest BCUT2D eigenvalue weighted by Crippen LogP contribution is -2.15. The highest BCUT2D eigenvalue weighted by Gasteiger charge is 2.12. The van der Waals surface area contributed by atoms with Crippen molar-refractivity contribution in [3.05, 3.63) is 52.3 Å². The van der Waals surface area contributed by atoms with Crippen molar-refractivity contribution in [2.75, 3.05) is 6.61 Å². The van der Waals surface area contributed by atoms with Crippen LogP contribution >= 0.6 is 23.2 Å². The minimum Gasteiger partial charge on any atom is -0.396 e. The smallest absolute Gasteiger partial charge is 0.0482 e. The SMILES string of the molecule is NC(CCO)c1cccn1-c1cc(Cl)cc(Cl)c1. The third-order valence-electron chi connectivity index (χ3n) is 2.73. The summed E-state index contributed by atoms with van der Waals surface area (Å²) in [6.45, 7) is 0.0582. The average molecular weight is 285 g/mol. The second-order valence-corrected chi connectivity index (χ2v) is 4.92. The van der Waals surface area contributed by atoms with Crippen molar-refractivity contribution in [1.82, 2.24) is 4.57 Å². The maximum Gasteiger partial charge on any atom is 0.0482 e. The summed E-state index contributed by atoms with van der Waals surface area (Å²) < 4.78 is 1.93. The molecule has 96 valence electrons. The van der Waals surface area contributed by atoms with Crippen LogP contribution in [-0.2, 0) is 0 Å². The van der Waals surface area contributed by atoms with Crippen molar-refractivity contribution in [3.8, 4) is 5.69 Å². The van der Waals surface area contributed by atoms with Crippen LogP contribution in [0.1, 0.15) is 18.2 Å². The highest BCUT2D eigenvalue weighted by molar-refractivity contribution is 6.34. The maximum atomic E-state index is 8.95. The van der Waals surface area contributed by atoms with Crippen molar-refractivity contribution in [3.63, 3.8) is 0 Å². The Kier molecular flexibility index (Phi) is 4.30. The van der Waals surface area contributed by atoms with E-state index < -0.39 is 0 Å². The molecule has 0 aliphatic rings. The van der Waals surface area contributed by atoms with Crippen LogP contribution in [0.5, 0.6) is 0 Å². The third-order valence-corrected chi connectivity index (χ3v) is 3.16. The zero-order valence-corrected chi connectivity index (χ0v) is 11.2. The first kappa shape index (κ1) is 13.4. The van der Waals surface area contributed by atoms with Gasteiger partial charge in [0.05, 0.1) is 0 Å². The molecule has 0 saturated carbocycles. The molecule has 0 fully saturated rings. The molecule has 2 aromatic rings. The standard InChI is InChI=1S/C13H14Cl2N2O/c14-9-6-10(15)8-11(7-9)17-4-1-2-13(17)12(16)3-5-18/h1-2,4,6-8,12,18H,3,5,16H2. The first-order chi connectivity index (χ1) is 8.61. The molecule has 5 heteroatoms. The number of benzene rings is 1. The second kappa shape index (κ2) is 5.76. The predicted octanol–water partition coefficient (Wildman–Crippen LogP) is 3.17. The fraction of sp³-hybridized carbons (Fsp3) is 0.231. The highest BCUT2D eigenvalue weighted by Crippen LogP contribution is 2.25. The highest BCUT2D eigenvalue weighted by atomic mass is 35.5. The van der Waals surface area contributed by atoms with Gasteiger partial charge in [-0.3, -0.25) is 0 Å². The number of rotatable bonds is 4. The van der Waals surface area contributed by atoms with Crippen molar-refractivity contribution in [1.29, 1.82) is 0 Å². The quantitative estimate of drug-likeness (QED) is 0.906. The Morgan fingerprint density at radius 2 is 1.89 bits per heavy atom. The summed E-state index contributed by atoms with van der Waals surface area (Å²) in [6, 6.07) is 8.94. The fourth-order valence-electron chi connectivity index (χ4n) is 1.90. The van der Waals surface area contributed by atoms with Gasteiger partial charge >= 0.3 is 0 Å². The largest absolute Gasteiger partial charge is 0.396 e. The summed E-state index contributed by atoms with van der Waals surface area (Å²) >= 11 is 12.0. The van der Waals surface area contributed by atoms with Crippen LogP contribution in [0.3, 0.4) is 0 Å². The zero-order chi connectivity index (χ0) is 13.1. The summed E-state index contributed by atoms with van der Waals surface area (Å²) in [7, 11) is 0. The van der Waals surface area contributed by atoms with Crippen LogP contribution < -0.4 is 5.73 Å². The zero-order valence-electron chi connectivity index (χ0n) is 9.68. The number of hydrogen-bond acceptors (Lipinski definition) is 2. The number of aliphatic hydroxyl groups is 1. The summed E-state index contributed by atoms with van der Waals surface area (Å²) in [5, 5.41) is 10.1. The number of nitrogens with two attached hydrogens (primary N) is 1. The molecule has 3 nitrogen and oxygen atoms in total. The molecule has 1 aromatic carbocycles. The molecule has 0 aliphatic heterocycles. The van der Waals surface area contributed by atoms with Crippen molar-refractivity contribution >= 4 is 23.2 Å². The molecule has 1 atom stereocenters. The van der Waals surface area contributed by atoms with Crippen LogP contribution in [0.25, 0.3) is 5.69 Å². The average Bonchev–Trinajstić information content (AvgIpc) is 2.76. The molecule has 0 bridgehead atoms. The van der Waals surface area contributed by atoms with Gasteiger partial charge in [-0.15, -0.1) is 0 Å². The van der Waals surface area contributed by atoms with Crippen molar-refractivity contribution in [2.24, 2.45) is 5.73 Å². The Balaban J connectivity index is 2.42. The van der Waals surface area contributed by atoms with E-state index in [9.17, 15) is 0 Å². The van der Waals surface area contributed by atoms with E-state index in [0.717, 1.165) is 11.4 Å². The Morgan fingerprint density at radius 3 is 2.50 bits per heavy atom. The lowest BCUT2D eigenvalue weighted by molar-refractivity contribution is 0.275. The molecule has 0 spiro atoms. The van der Waals surface area contributed by atoms with Gasteiger partial charge in [-0.05, 0) is 36.8 Å². The van der Waals surface area contributed by atoms with Gasteiger partial charge in [0.1, 0.15) is 0 Å². The summed E-state index contributed by atoms with van der Waals surface area (Å²) in [5.41, 5.74) is 7.80. The Morgan fingerprint density at radius 1 is 1.22 bits per heavy atom. The van der Waals surface area contributed by atoms with Crippen LogP contribution in [-0.4, -0.2) is 16.3 Å². The Hall–Kier alpha value is -1.000. The van der Waals surface area contributed by atoms with Crippen LogP contribution in [0, 0.1) is 0 Å². The number of halogens is 2. The van der Waals surface area contributed by atoms with Gasteiger partial charge in [-0.1, -0.05) is 23.2 Å². The van der Waals surface area contributed by atoms with Gasteiger partial charge < -0.3 is 15.4 Å². The topological polar surface area (TPSA) is 51.2 Å². The van der Waals surface area contributed by atoms with E-state index in [4.69, 9.17) is 34.0 Å². The second-order valence-electron chi connectivity index (χ2n) is 4.05. The summed E-state index contributed by atoms with van der Waals surface area (Å²) in [5.74, 6) is 0. The maximum absolute atomic E-state index is 8.95. The molecule has 0 aliphatic carbocycles. The number of aromatic nitrogens is 1. The van der Waals surface area contributed by atoms with Gasteiger partial charge in [-0.2, -0.15) is 0 Å². The third kappa shape index (κ3) is 2.87. The molecule has 3 N–H and O–H groups in total. The van der Waals surface area contributed by atoms with E-state index in [1.54, 1.807) is 6.07 Å². The van der Waals surface area contributed by atoms with Gasteiger partial charge in [0.25, 0.3) is 0 Å². The minimum atomic E-state index is -0.220. The summed E-state index contributed by atoms with van der Waals surface area (Å²) in [4.78, 5) is 0. The molecule has 0 radical (unpaired) electrons. The first-order valence-corrected chi connectivity index (χ1v) is 6.37. The van der Waals surface area contributed by atoms with E-state index in [-0.39, 0.29) is 12.6 Å². The Labute approximate surface area is 116 Å². The molecule has 0 amide bonds. The minimum absolute atomic E-state index is 0.0582. The Bertz CT molecular complexity index is 519. The van der Waals surface area contributed by atoms with Crippen LogP contribution in [0.2, 0.25) is 10.0 Å². The van der Waals surface area contributed by atoms with E-state index in [1.807, 2.05) is 35.0 Å². The van der Waals surface area contributed by atoms with E-state index >= 15 is 0 Å². The van der Waals surface area contributed by atoms with Crippen molar-refractivity contribution < 1.29 is 5.11 Å². The van der Waals surface area contributed by atoms with Gasteiger partial charge in [0, 0.05) is 40.3 Å². The molecule has 2 rings (SSSR count). The van der Waals surface area contributed by atoms with Crippen molar-refractivity contribution in [2.45, 2.75) is 12.5 Å². The molecular weight excluding hydrogens is 271 g/mol. The van der Waals surface area contributed by atoms with Gasteiger partial charge in [0.15, 0.2) is 0 Å². The lowest BCUT2D eigenvalue weighted by Gasteiger charge is -2.15. The number of hydrogen-bond donors (Lipinski definition) is 2. The first-order valence-electron chi connectivity index (χ1n) is 5.62. The molecule has 18 heavy (non-hydrogen) atoms. The fourth-order valence-corrected chi connectivity index (χ4v) is 2.41. The van der Waals surface area contributed by atoms with Gasteiger partial charge in [-0.25, -0.2) is 0 Å². The van der Waals surface area contributed by atoms with E-state index in [1.165, 1.54) is 0 Å². The van der Waals surface area contributed by atoms with E-state index in [0.29, 0.717) is 16.5 Å². The summed E-state index contributed by atoms with van der Waals surface area (Å²) in [6.07, 6.45) is 2.41. The predicted molar refractivity (Wildman–Crippen MR) is 74.4 cm³/mol. The van der Waals surface area contributed by atoms with Gasteiger partial charge in [0.2, 0.25) is 0 Å². The number of aliphatic hydroxyl groups excluding tert-OH is 1. The molecule has 1 aromatic heterocycles.